The van der Waals surface area contributed by atoms with E-state index in [9.17, 15) is 4.79 Å². The van der Waals surface area contributed by atoms with Crippen LogP contribution in [0.25, 0.3) is 10.9 Å². The summed E-state index contributed by atoms with van der Waals surface area (Å²) in [4.78, 5) is 17.4. The van der Waals surface area contributed by atoms with Gasteiger partial charge in [-0.2, -0.15) is 0 Å². The van der Waals surface area contributed by atoms with E-state index in [-0.39, 0.29) is 5.91 Å². The number of pyridine rings is 1. The molecule has 3 nitrogen and oxygen atoms in total. The maximum Gasteiger partial charge on any atom is 0.230 e. The van der Waals surface area contributed by atoms with Crippen molar-refractivity contribution in [2.45, 2.75) is 11.3 Å². The van der Waals surface area contributed by atoms with Gasteiger partial charge in [-0.25, -0.2) is 0 Å². The highest BCUT2D eigenvalue weighted by Gasteiger charge is 2.05. The molecule has 1 heterocycles. The molecule has 1 N–H and O–H groups in total. The zero-order valence-electron chi connectivity index (χ0n) is 13.0. The average molecular weight is 357 g/mol. The van der Waals surface area contributed by atoms with Crippen LogP contribution in [0.4, 0.5) is 0 Å². The molecule has 5 heteroatoms. The van der Waals surface area contributed by atoms with Crippen LogP contribution < -0.4 is 5.32 Å². The van der Waals surface area contributed by atoms with Crippen molar-refractivity contribution in [1.29, 1.82) is 0 Å². The van der Waals surface area contributed by atoms with Crippen LogP contribution in [0.2, 0.25) is 5.02 Å². The third kappa shape index (κ3) is 4.49. The second kappa shape index (κ2) is 8.18. The van der Waals surface area contributed by atoms with Gasteiger partial charge in [0, 0.05) is 28.0 Å². The molecular formula is C19H17ClN2OS. The van der Waals surface area contributed by atoms with Gasteiger partial charge in [0.05, 0.1) is 11.3 Å². The molecule has 0 radical (unpaired) electrons. The van der Waals surface area contributed by atoms with E-state index in [1.807, 2.05) is 48.5 Å². The molecule has 0 atom stereocenters. The number of thioether (sulfide) groups is 1. The second-order valence-corrected chi connectivity index (χ2v) is 6.82. The molecule has 2 aromatic carbocycles. The van der Waals surface area contributed by atoms with Crippen LogP contribution in [0, 0.1) is 0 Å². The first-order valence-corrected chi connectivity index (χ1v) is 9.06. The third-order valence-electron chi connectivity index (χ3n) is 3.60. The maximum absolute atomic E-state index is 12.0. The Bertz CT molecular complexity index is 848. The second-order valence-electron chi connectivity index (χ2n) is 5.34. The number of benzene rings is 2. The van der Waals surface area contributed by atoms with E-state index in [4.69, 9.17) is 11.6 Å². The van der Waals surface area contributed by atoms with Crippen LogP contribution in [-0.4, -0.2) is 23.2 Å². The number of halogens is 1. The Morgan fingerprint density at radius 1 is 1.12 bits per heavy atom. The number of rotatable bonds is 6. The van der Waals surface area contributed by atoms with Gasteiger partial charge in [-0.1, -0.05) is 41.9 Å². The summed E-state index contributed by atoms with van der Waals surface area (Å²) in [6.45, 7) is 0.602. The van der Waals surface area contributed by atoms with Gasteiger partial charge in [-0.15, -0.1) is 11.8 Å². The molecule has 0 aliphatic heterocycles. The van der Waals surface area contributed by atoms with Gasteiger partial charge in [0.1, 0.15) is 0 Å². The summed E-state index contributed by atoms with van der Waals surface area (Å²) in [5.74, 6) is 0.405. The summed E-state index contributed by atoms with van der Waals surface area (Å²) < 4.78 is 0. The molecule has 24 heavy (non-hydrogen) atoms. The van der Waals surface area contributed by atoms with Crippen molar-refractivity contribution in [3.8, 4) is 0 Å². The number of fused-ring (bicyclic) bond motifs is 1. The predicted octanol–water partition coefficient (Wildman–Crippen LogP) is 4.34. The molecule has 0 bridgehead atoms. The SMILES string of the molecule is O=C(CSc1cccc(Cl)c1)NCCc1cccc2cccnc12. The number of amides is 1. The highest BCUT2D eigenvalue weighted by molar-refractivity contribution is 8.00. The van der Waals surface area contributed by atoms with Crippen LogP contribution >= 0.6 is 23.4 Å². The Kier molecular flexibility index (Phi) is 5.72. The molecule has 0 saturated carbocycles. The Balaban J connectivity index is 1.50. The summed E-state index contributed by atoms with van der Waals surface area (Å²) in [6, 6.07) is 17.6. The number of carbonyl (C=O) groups is 1. The fourth-order valence-electron chi connectivity index (χ4n) is 2.46. The van der Waals surface area contributed by atoms with Gasteiger partial charge in [0.2, 0.25) is 5.91 Å². The number of aromatic nitrogens is 1. The molecule has 1 amide bonds. The van der Waals surface area contributed by atoms with E-state index in [1.165, 1.54) is 11.8 Å². The predicted molar refractivity (Wildman–Crippen MR) is 101 cm³/mol. The minimum atomic E-state index is 0.0215. The Hall–Kier alpha value is -2.04. The normalized spacial score (nSPS) is 10.7. The van der Waals surface area contributed by atoms with Crippen molar-refractivity contribution in [3.63, 3.8) is 0 Å². The largest absolute Gasteiger partial charge is 0.355 e. The van der Waals surface area contributed by atoms with E-state index in [2.05, 4.69) is 16.4 Å². The molecule has 3 aromatic rings. The van der Waals surface area contributed by atoms with Crippen molar-refractivity contribution in [2.24, 2.45) is 0 Å². The monoisotopic (exact) mass is 356 g/mol. The number of nitrogens with zero attached hydrogens (tertiary/aromatic N) is 1. The molecule has 0 saturated heterocycles. The lowest BCUT2D eigenvalue weighted by Gasteiger charge is -2.07. The van der Waals surface area contributed by atoms with Gasteiger partial charge in [0.15, 0.2) is 0 Å². The van der Waals surface area contributed by atoms with E-state index < -0.39 is 0 Å². The molecule has 0 fully saturated rings. The molecule has 0 spiro atoms. The van der Waals surface area contributed by atoms with E-state index >= 15 is 0 Å². The van der Waals surface area contributed by atoms with Crippen molar-refractivity contribution in [1.82, 2.24) is 10.3 Å². The van der Waals surface area contributed by atoms with Crippen LogP contribution in [0.1, 0.15) is 5.56 Å². The first-order chi connectivity index (χ1) is 11.7. The third-order valence-corrected chi connectivity index (χ3v) is 4.83. The van der Waals surface area contributed by atoms with Crippen molar-refractivity contribution < 1.29 is 4.79 Å². The van der Waals surface area contributed by atoms with Gasteiger partial charge in [-0.3, -0.25) is 9.78 Å². The highest BCUT2D eigenvalue weighted by Crippen LogP contribution is 2.21. The fraction of sp³-hybridized carbons (Fsp3) is 0.158. The van der Waals surface area contributed by atoms with Gasteiger partial charge in [-0.05, 0) is 36.2 Å². The molecule has 0 aliphatic carbocycles. The zero-order valence-corrected chi connectivity index (χ0v) is 14.6. The molecule has 122 valence electrons. The van der Waals surface area contributed by atoms with Gasteiger partial charge < -0.3 is 5.32 Å². The van der Waals surface area contributed by atoms with Crippen molar-refractivity contribution in [3.05, 3.63) is 71.4 Å². The molecule has 3 rings (SSSR count). The maximum atomic E-state index is 12.0. The summed E-state index contributed by atoms with van der Waals surface area (Å²) in [6.07, 6.45) is 2.56. The number of hydrogen-bond donors (Lipinski definition) is 1. The fourth-order valence-corrected chi connectivity index (χ4v) is 3.50. The lowest BCUT2D eigenvalue weighted by Crippen LogP contribution is -2.27. The summed E-state index contributed by atoms with van der Waals surface area (Å²) in [5.41, 5.74) is 2.15. The van der Waals surface area contributed by atoms with E-state index in [0.717, 1.165) is 27.8 Å². The standard InChI is InChI=1S/C19H17ClN2OS/c20-16-7-2-8-17(12-16)24-13-18(23)21-11-9-15-5-1-4-14-6-3-10-22-19(14)15/h1-8,10,12H,9,11,13H2,(H,21,23). The molecular weight excluding hydrogens is 340 g/mol. The average Bonchev–Trinajstić information content (AvgIpc) is 2.60. The first-order valence-electron chi connectivity index (χ1n) is 7.70. The summed E-state index contributed by atoms with van der Waals surface area (Å²) in [5, 5.41) is 4.77. The molecule has 1 aromatic heterocycles. The zero-order chi connectivity index (χ0) is 16.8. The van der Waals surface area contributed by atoms with Crippen LogP contribution in [-0.2, 0) is 11.2 Å². The minimum absolute atomic E-state index is 0.0215. The Labute approximate surface area is 150 Å². The van der Waals surface area contributed by atoms with E-state index in [0.29, 0.717) is 17.3 Å². The van der Waals surface area contributed by atoms with Crippen LogP contribution in [0.3, 0.4) is 0 Å². The highest BCUT2D eigenvalue weighted by atomic mass is 35.5. The Morgan fingerprint density at radius 3 is 2.83 bits per heavy atom. The number of carbonyl (C=O) groups excluding carboxylic acids is 1. The summed E-state index contributed by atoms with van der Waals surface area (Å²) >= 11 is 7.42. The minimum Gasteiger partial charge on any atom is -0.355 e. The lowest BCUT2D eigenvalue weighted by atomic mass is 10.1. The number of hydrogen-bond acceptors (Lipinski definition) is 3. The van der Waals surface area contributed by atoms with Gasteiger partial charge in [0.25, 0.3) is 0 Å². The van der Waals surface area contributed by atoms with Crippen molar-refractivity contribution in [2.75, 3.05) is 12.3 Å². The smallest absolute Gasteiger partial charge is 0.230 e. The van der Waals surface area contributed by atoms with Gasteiger partial charge >= 0.3 is 0 Å². The number of nitrogens with one attached hydrogen (secondary N) is 1. The topological polar surface area (TPSA) is 42.0 Å². The number of para-hydroxylation sites is 1. The summed E-state index contributed by atoms with van der Waals surface area (Å²) in [7, 11) is 0. The molecule has 0 unspecified atom stereocenters. The quantitative estimate of drug-likeness (QED) is 0.668. The first kappa shape index (κ1) is 16.8. The van der Waals surface area contributed by atoms with Crippen LogP contribution in [0.15, 0.2) is 65.7 Å². The van der Waals surface area contributed by atoms with Crippen LogP contribution in [0.5, 0.6) is 0 Å². The Morgan fingerprint density at radius 2 is 1.96 bits per heavy atom. The lowest BCUT2D eigenvalue weighted by molar-refractivity contribution is -0.118. The van der Waals surface area contributed by atoms with E-state index in [1.54, 1.807) is 6.20 Å². The van der Waals surface area contributed by atoms with Crippen molar-refractivity contribution >= 4 is 40.2 Å². The molecule has 0 aliphatic rings.